The van der Waals surface area contributed by atoms with Gasteiger partial charge in [0.2, 0.25) is 17.7 Å². The first-order chi connectivity index (χ1) is 21.6. The van der Waals surface area contributed by atoms with E-state index in [1.165, 1.54) is 18.0 Å². The molecule has 0 atom stereocenters. The molecule has 3 N–H and O–H groups in total. The number of carbonyl (C=O) groups excluding carboxylic acids is 4. The van der Waals surface area contributed by atoms with Gasteiger partial charge in [0.15, 0.2) is 0 Å². The first kappa shape index (κ1) is 33.0. The van der Waals surface area contributed by atoms with Crippen LogP contribution in [0.1, 0.15) is 27.2 Å². The monoisotopic (exact) mass is 647 g/mol. The number of likely N-dealkylation sites (N-methyl/N-ethyl adjacent to an activating group) is 2. The van der Waals surface area contributed by atoms with Gasteiger partial charge in [0.25, 0.3) is 5.91 Å². The average molecular weight is 649 g/mol. The zero-order chi connectivity index (χ0) is 32.5. The molecule has 1 aromatic heterocycles. The van der Waals surface area contributed by atoms with Crippen LogP contribution in [0.4, 0.5) is 5.69 Å². The molecule has 0 spiro atoms. The van der Waals surface area contributed by atoms with Crippen LogP contribution >= 0.6 is 23.2 Å². The maximum atomic E-state index is 12.9. The molecular weight excluding hydrogens is 617 g/mol. The van der Waals surface area contributed by atoms with E-state index in [1.807, 2.05) is 37.3 Å². The zero-order valence-electron chi connectivity index (χ0n) is 24.8. The molecule has 0 unspecified atom stereocenters. The smallest absolute Gasteiger partial charge is 0.251 e. The molecule has 1 heterocycles. The largest absolute Gasteiger partial charge is 0.487 e. The van der Waals surface area contributed by atoms with Gasteiger partial charge in [-0.15, -0.1) is 0 Å². The van der Waals surface area contributed by atoms with E-state index in [0.29, 0.717) is 33.1 Å². The number of para-hydroxylation sites is 1. The second kappa shape index (κ2) is 15.2. The van der Waals surface area contributed by atoms with Crippen molar-refractivity contribution in [1.82, 2.24) is 20.9 Å². The quantitative estimate of drug-likeness (QED) is 0.202. The van der Waals surface area contributed by atoms with Crippen molar-refractivity contribution in [3.63, 3.8) is 0 Å². The summed E-state index contributed by atoms with van der Waals surface area (Å²) in [6.45, 7) is 1.54. The van der Waals surface area contributed by atoms with Crippen LogP contribution in [0.15, 0.2) is 72.8 Å². The van der Waals surface area contributed by atoms with Crippen LogP contribution in [0.25, 0.3) is 17.0 Å². The number of pyridine rings is 1. The average Bonchev–Trinajstić information content (AvgIpc) is 3.04. The van der Waals surface area contributed by atoms with Crippen molar-refractivity contribution in [2.45, 2.75) is 13.5 Å². The minimum absolute atomic E-state index is 0.0471. The first-order valence-corrected chi connectivity index (χ1v) is 14.6. The molecule has 0 saturated heterocycles. The molecule has 10 nitrogen and oxygen atoms in total. The number of anilines is 1. The predicted molar refractivity (Wildman–Crippen MR) is 176 cm³/mol. The summed E-state index contributed by atoms with van der Waals surface area (Å²) in [5, 5.41) is 9.05. The fourth-order valence-electron chi connectivity index (χ4n) is 4.20. The Balaban J connectivity index is 1.34. The third kappa shape index (κ3) is 8.59. The van der Waals surface area contributed by atoms with Gasteiger partial charge in [0.05, 0.1) is 23.8 Å². The van der Waals surface area contributed by atoms with Crippen molar-refractivity contribution < 1.29 is 23.9 Å². The number of carbonyl (C=O) groups is 4. The number of aryl methyl sites for hydroxylation is 1. The maximum absolute atomic E-state index is 12.9. The first-order valence-electron chi connectivity index (χ1n) is 13.8. The highest BCUT2D eigenvalue weighted by molar-refractivity contribution is 6.38. The van der Waals surface area contributed by atoms with Crippen LogP contribution in [0.5, 0.6) is 5.75 Å². The lowest BCUT2D eigenvalue weighted by atomic mass is 10.1. The van der Waals surface area contributed by atoms with Gasteiger partial charge < -0.3 is 25.6 Å². The zero-order valence-corrected chi connectivity index (χ0v) is 26.3. The Hall–Kier alpha value is -4.93. The fraction of sp³-hybridized carbons (Fsp3) is 0.182. The highest BCUT2D eigenvalue weighted by Crippen LogP contribution is 2.35. The van der Waals surface area contributed by atoms with E-state index >= 15 is 0 Å². The van der Waals surface area contributed by atoms with Crippen LogP contribution in [0, 0.1) is 6.92 Å². The summed E-state index contributed by atoms with van der Waals surface area (Å²) in [6.07, 6.45) is 2.83. The number of rotatable bonds is 11. The number of amides is 4. The summed E-state index contributed by atoms with van der Waals surface area (Å²) in [5.74, 6) is -1.02. The standard InChI is InChI=1S/C33H31Cl2N5O5/c1-20-7-11-22-5-4-6-27(32(22)39-20)45-19-24-25(34)14-15-26(31(24)35)40(3)30(43)18-37-28(41)16-10-21-8-12-23(13-9-21)33(44)38-17-29(42)36-2/h4-16H,17-19H2,1-3H3,(H,36,42)(H,37,41)(H,38,44). The van der Waals surface area contributed by atoms with Crippen molar-refractivity contribution in [1.29, 1.82) is 0 Å². The van der Waals surface area contributed by atoms with Crippen LogP contribution < -0.4 is 25.6 Å². The molecule has 0 bridgehead atoms. The van der Waals surface area contributed by atoms with Gasteiger partial charge in [-0.25, -0.2) is 4.98 Å². The number of fused-ring (bicyclic) bond motifs is 1. The van der Waals surface area contributed by atoms with Crippen LogP contribution in [-0.4, -0.2) is 55.8 Å². The molecule has 4 aromatic rings. The molecule has 0 aliphatic heterocycles. The van der Waals surface area contributed by atoms with Crippen LogP contribution in [0.2, 0.25) is 10.0 Å². The number of nitrogens with one attached hydrogen (secondary N) is 3. The number of ether oxygens (including phenoxy) is 1. The van der Waals surface area contributed by atoms with Crippen molar-refractivity contribution in [3.05, 3.63) is 105 Å². The van der Waals surface area contributed by atoms with E-state index in [0.717, 1.165) is 16.6 Å². The molecule has 0 fully saturated rings. The van der Waals surface area contributed by atoms with E-state index < -0.39 is 17.7 Å². The molecule has 4 rings (SSSR count). The third-order valence-electron chi connectivity index (χ3n) is 6.80. The lowest BCUT2D eigenvalue weighted by Gasteiger charge is -2.21. The Labute approximate surface area is 270 Å². The lowest BCUT2D eigenvalue weighted by molar-refractivity contribution is -0.122. The van der Waals surface area contributed by atoms with E-state index in [9.17, 15) is 19.2 Å². The minimum atomic E-state index is -0.487. The van der Waals surface area contributed by atoms with E-state index in [2.05, 4.69) is 20.9 Å². The van der Waals surface area contributed by atoms with Gasteiger partial charge in [-0.05, 0) is 55.0 Å². The predicted octanol–water partition coefficient (Wildman–Crippen LogP) is 4.70. The maximum Gasteiger partial charge on any atom is 0.251 e. The summed E-state index contributed by atoms with van der Waals surface area (Å²) in [5.41, 5.74) is 3.51. The number of aromatic nitrogens is 1. The number of hydrogen-bond acceptors (Lipinski definition) is 6. The number of hydrogen-bond donors (Lipinski definition) is 3. The molecule has 4 amide bonds. The summed E-state index contributed by atoms with van der Waals surface area (Å²) >= 11 is 13.2. The summed E-state index contributed by atoms with van der Waals surface area (Å²) in [4.78, 5) is 54.7. The second-order valence-corrected chi connectivity index (χ2v) is 10.7. The Kier molecular flexibility index (Phi) is 11.1. The van der Waals surface area contributed by atoms with Crippen molar-refractivity contribution >= 4 is 69.5 Å². The molecule has 0 radical (unpaired) electrons. The SMILES string of the molecule is CNC(=O)CNC(=O)c1ccc(C=CC(=O)NCC(=O)N(C)c2ccc(Cl)c(COc3cccc4ccc(C)nc34)c2Cl)cc1. The van der Waals surface area contributed by atoms with Crippen molar-refractivity contribution in [2.75, 3.05) is 32.1 Å². The second-order valence-electron chi connectivity index (χ2n) is 9.91. The van der Waals surface area contributed by atoms with Crippen molar-refractivity contribution in [2.24, 2.45) is 0 Å². The fourth-order valence-corrected chi connectivity index (χ4v) is 4.81. The van der Waals surface area contributed by atoms with Crippen molar-refractivity contribution in [3.8, 4) is 5.75 Å². The number of nitrogens with zero attached hydrogens (tertiary/aromatic N) is 2. The Morgan fingerprint density at radius 1 is 0.933 bits per heavy atom. The molecular formula is C33H31Cl2N5O5. The van der Waals surface area contributed by atoms with Gasteiger partial charge in [0.1, 0.15) is 17.9 Å². The summed E-state index contributed by atoms with van der Waals surface area (Å²) in [7, 11) is 3.03. The Morgan fingerprint density at radius 2 is 1.69 bits per heavy atom. The summed E-state index contributed by atoms with van der Waals surface area (Å²) in [6, 6.07) is 19.2. The van der Waals surface area contributed by atoms with Gasteiger partial charge >= 0.3 is 0 Å². The molecule has 0 saturated carbocycles. The molecule has 12 heteroatoms. The third-order valence-corrected chi connectivity index (χ3v) is 7.57. The Bertz CT molecular complexity index is 1780. The highest BCUT2D eigenvalue weighted by Gasteiger charge is 2.19. The van der Waals surface area contributed by atoms with Gasteiger partial charge in [0, 0.05) is 47.4 Å². The van der Waals surface area contributed by atoms with Gasteiger partial charge in [-0.2, -0.15) is 0 Å². The van der Waals surface area contributed by atoms with E-state index in [-0.39, 0.29) is 30.6 Å². The summed E-state index contributed by atoms with van der Waals surface area (Å²) < 4.78 is 6.07. The van der Waals surface area contributed by atoms with E-state index in [1.54, 1.807) is 49.5 Å². The Morgan fingerprint density at radius 3 is 2.42 bits per heavy atom. The number of benzene rings is 3. The molecule has 0 aliphatic carbocycles. The highest BCUT2D eigenvalue weighted by atomic mass is 35.5. The lowest BCUT2D eigenvalue weighted by Crippen LogP contribution is -2.37. The topological polar surface area (TPSA) is 130 Å². The van der Waals surface area contributed by atoms with Crippen LogP contribution in [0.3, 0.4) is 0 Å². The van der Waals surface area contributed by atoms with E-state index in [4.69, 9.17) is 27.9 Å². The van der Waals surface area contributed by atoms with Crippen LogP contribution in [-0.2, 0) is 21.0 Å². The number of halogens is 2. The van der Waals surface area contributed by atoms with Gasteiger partial charge in [-0.3, -0.25) is 19.2 Å². The molecule has 3 aromatic carbocycles. The minimum Gasteiger partial charge on any atom is -0.487 e. The van der Waals surface area contributed by atoms with Gasteiger partial charge in [-0.1, -0.05) is 53.5 Å². The molecule has 0 aliphatic rings. The molecule has 45 heavy (non-hydrogen) atoms. The molecule has 232 valence electrons. The normalized spacial score (nSPS) is 10.9.